The monoisotopic (exact) mass is 380 g/mol. The van der Waals surface area contributed by atoms with E-state index in [1.807, 2.05) is 0 Å². The second kappa shape index (κ2) is 6.86. The maximum absolute atomic E-state index is 2.34. The summed E-state index contributed by atoms with van der Waals surface area (Å²) in [6.45, 7) is 0. The minimum Gasteiger partial charge on any atom is -0.0622 e. The molecule has 6 rings (SSSR count). The summed E-state index contributed by atoms with van der Waals surface area (Å²) in [5, 5.41) is 7.79. The number of hydrogen-bond acceptors (Lipinski definition) is 0. The number of benzene rings is 6. The van der Waals surface area contributed by atoms with Gasteiger partial charge in [-0.1, -0.05) is 115 Å². The topological polar surface area (TPSA) is 0 Å². The van der Waals surface area contributed by atoms with E-state index < -0.39 is 0 Å². The molecule has 0 spiro atoms. The fourth-order valence-corrected chi connectivity index (χ4v) is 4.59. The Morgan fingerprint density at radius 3 is 1.70 bits per heavy atom. The van der Waals surface area contributed by atoms with E-state index in [4.69, 9.17) is 0 Å². The fraction of sp³-hybridized carbons (Fsp3) is 0. The molecule has 0 bridgehead atoms. The van der Waals surface area contributed by atoms with Gasteiger partial charge < -0.3 is 0 Å². The normalized spacial score (nSPS) is 11.3. The summed E-state index contributed by atoms with van der Waals surface area (Å²) < 4.78 is 0. The van der Waals surface area contributed by atoms with Crippen LogP contribution in [0.2, 0.25) is 0 Å². The smallest absolute Gasteiger partial charge is 0.00266 e. The Bertz CT molecular complexity index is 1510. The lowest BCUT2D eigenvalue weighted by atomic mass is 9.89. The zero-order valence-corrected chi connectivity index (χ0v) is 16.5. The molecule has 140 valence electrons. The zero-order chi connectivity index (χ0) is 19.9. The highest BCUT2D eigenvalue weighted by atomic mass is 14.2. The van der Waals surface area contributed by atoms with Crippen LogP contribution in [0, 0.1) is 0 Å². The number of hydrogen-bond donors (Lipinski definition) is 0. The Morgan fingerprint density at radius 2 is 0.900 bits per heavy atom. The van der Waals surface area contributed by atoms with Crippen molar-refractivity contribution in [2.75, 3.05) is 0 Å². The van der Waals surface area contributed by atoms with E-state index in [0.29, 0.717) is 0 Å². The van der Waals surface area contributed by atoms with E-state index in [1.54, 1.807) is 0 Å². The van der Waals surface area contributed by atoms with Crippen LogP contribution in [0.3, 0.4) is 0 Å². The van der Waals surface area contributed by atoms with Gasteiger partial charge in [0.1, 0.15) is 0 Å². The maximum Gasteiger partial charge on any atom is -0.00266 e. The van der Waals surface area contributed by atoms with Crippen LogP contribution < -0.4 is 0 Å². The average molecular weight is 380 g/mol. The summed E-state index contributed by atoms with van der Waals surface area (Å²) >= 11 is 0. The molecule has 0 atom stereocenters. The fourth-order valence-electron chi connectivity index (χ4n) is 4.59. The van der Waals surface area contributed by atoms with Gasteiger partial charge in [-0.25, -0.2) is 0 Å². The van der Waals surface area contributed by atoms with Crippen molar-refractivity contribution in [2.45, 2.75) is 0 Å². The molecule has 0 saturated heterocycles. The van der Waals surface area contributed by atoms with Crippen LogP contribution in [-0.4, -0.2) is 0 Å². The molecule has 0 aliphatic rings. The molecule has 30 heavy (non-hydrogen) atoms. The average Bonchev–Trinajstić information content (AvgIpc) is 2.83. The third kappa shape index (κ3) is 2.69. The molecule has 0 aliphatic carbocycles. The SMILES string of the molecule is c1ccc(-c2ccc(-c3c4ccccc4cc4c3ccc3ccccc34)cc2)cc1. The van der Waals surface area contributed by atoms with Gasteiger partial charge in [0.2, 0.25) is 0 Å². The van der Waals surface area contributed by atoms with Crippen LogP contribution in [0.1, 0.15) is 0 Å². The Labute approximate surface area is 176 Å². The molecule has 0 heterocycles. The molecule has 0 unspecified atom stereocenters. The molecule has 0 N–H and O–H groups in total. The van der Waals surface area contributed by atoms with Gasteiger partial charge in [-0.15, -0.1) is 0 Å². The predicted octanol–water partition coefficient (Wildman–Crippen LogP) is 8.48. The van der Waals surface area contributed by atoms with Crippen LogP contribution in [0.4, 0.5) is 0 Å². The highest BCUT2D eigenvalue weighted by Crippen LogP contribution is 2.39. The molecule has 6 aromatic rings. The second-order valence-corrected chi connectivity index (χ2v) is 7.80. The lowest BCUT2D eigenvalue weighted by molar-refractivity contribution is 1.61. The van der Waals surface area contributed by atoms with E-state index >= 15 is 0 Å². The van der Waals surface area contributed by atoms with Gasteiger partial charge in [0, 0.05) is 0 Å². The van der Waals surface area contributed by atoms with Crippen molar-refractivity contribution >= 4 is 32.3 Å². The molecule has 0 fully saturated rings. The van der Waals surface area contributed by atoms with Crippen molar-refractivity contribution in [3.8, 4) is 22.3 Å². The van der Waals surface area contributed by atoms with Gasteiger partial charge in [0.15, 0.2) is 0 Å². The summed E-state index contributed by atoms with van der Waals surface area (Å²) in [7, 11) is 0. The van der Waals surface area contributed by atoms with E-state index in [1.165, 1.54) is 54.6 Å². The molecular formula is C30H20. The summed E-state index contributed by atoms with van der Waals surface area (Å²) in [5.41, 5.74) is 5.06. The number of rotatable bonds is 2. The van der Waals surface area contributed by atoms with E-state index in [-0.39, 0.29) is 0 Å². The summed E-state index contributed by atoms with van der Waals surface area (Å²) in [5.74, 6) is 0. The van der Waals surface area contributed by atoms with Crippen molar-refractivity contribution in [1.29, 1.82) is 0 Å². The van der Waals surface area contributed by atoms with Crippen molar-refractivity contribution in [1.82, 2.24) is 0 Å². The molecule has 0 heteroatoms. The first-order valence-corrected chi connectivity index (χ1v) is 10.4. The highest BCUT2D eigenvalue weighted by molar-refractivity contribution is 6.20. The molecule has 0 radical (unpaired) electrons. The first kappa shape index (κ1) is 17.0. The minimum atomic E-state index is 1.24. The van der Waals surface area contributed by atoms with Gasteiger partial charge in [0.05, 0.1) is 0 Å². The van der Waals surface area contributed by atoms with Gasteiger partial charge >= 0.3 is 0 Å². The summed E-state index contributed by atoms with van der Waals surface area (Å²) in [6, 6.07) is 43.8. The molecule has 6 aromatic carbocycles. The lowest BCUT2D eigenvalue weighted by Gasteiger charge is -2.14. The van der Waals surface area contributed by atoms with E-state index in [0.717, 1.165) is 0 Å². The Balaban J connectivity index is 1.65. The third-order valence-electron chi connectivity index (χ3n) is 6.05. The Kier molecular flexibility index (Phi) is 3.89. The third-order valence-corrected chi connectivity index (χ3v) is 6.05. The van der Waals surface area contributed by atoms with Crippen molar-refractivity contribution < 1.29 is 0 Å². The number of fused-ring (bicyclic) bond motifs is 4. The van der Waals surface area contributed by atoms with Crippen LogP contribution in [0.5, 0.6) is 0 Å². The van der Waals surface area contributed by atoms with Crippen molar-refractivity contribution in [2.24, 2.45) is 0 Å². The van der Waals surface area contributed by atoms with Gasteiger partial charge in [-0.3, -0.25) is 0 Å². The minimum absolute atomic E-state index is 1.24. The summed E-state index contributed by atoms with van der Waals surface area (Å²) in [6.07, 6.45) is 0. The van der Waals surface area contributed by atoms with Crippen LogP contribution in [0.25, 0.3) is 54.6 Å². The Morgan fingerprint density at radius 1 is 0.300 bits per heavy atom. The quantitative estimate of drug-likeness (QED) is 0.209. The lowest BCUT2D eigenvalue weighted by Crippen LogP contribution is -1.87. The van der Waals surface area contributed by atoms with Crippen molar-refractivity contribution in [3.05, 3.63) is 121 Å². The molecule has 0 nitrogen and oxygen atoms in total. The van der Waals surface area contributed by atoms with Gasteiger partial charge in [0.25, 0.3) is 0 Å². The van der Waals surface area contributed by atoms with Crippen LogP contribution in [-0.2, 0) is 0 Å². The predicted molar refractivity (Wildman–Crippen MR) is 130 cm³/mol. The highest BCUT2D eigenvalue weighted by Gasteiger charge is 2.12. The van der Waals surface area contributed by atoms with E-state index in [2.05, 4.69) is 121 Å². The van der Waals surface area contributed by atoms with E-state index in [9.17, 15) is 0 Å². The largest absolute Gasteiger partial charge is 0.0622 e. The van der Waals surface area contributed by atoms with Crippen molar-refractivity contribution in [3.63, 3.8) is 0 Å². The van der Waals surface area contributed by atoms with Gasteiger partial charge in [-0.2, -0.15) is 0 Å². The zero-order valence-electron chi connectivity index (χ0n) is 16.5. The Hall–Kier alpha value is -3.90. The second-order valence-electron chi connectivity index (χ2n) is 7.80. The molecule has 0 saturated carbocycles. The summed E-state index contributed by atoms with van der Waals surface area (Å²) in [4.78, 5) is 0. The van der Waals surface area contributed by atoms with Crippen LogP contribution in [0.15, 0.2) is 121 Å². The first-order valence-electron chi connectivity index (χ1n) is 10.4. The molecule has 0 amide bonds. The molecule has 0 aromatic heterocycles. The molecular weight excluding hydrogens is 360 g/mol. The van der Waals surface area contributed by atoms with Gasteiger partial charge in [-0.05, 0) is 60.6 Å². The maximum atomic E-state index is 2.34. The first-order chi connectivity index (χ1) is 14.9. The van der Waals surface area contributed by atoms with Crippen LogP contribution >= 0.6 is 0 Å². The standard InChI is InChI=1S/C30H20/c1-2-8-21(9-3-1)22-14-16-24(17-15-22)30-27-13-7-5-11-25(27)20-29-26-12-6-4-10-23(26)18-19-28(29)30/h1-20H. The molecule has 0 aliphatic heterocycles.